The van der Waals surface area contributed by atoms with Gasteiger partial charge in [0, 0.05) is 34.3 Å². The standard InChI is InChI=1S/C13H14ClNO.C13H14FNO.2ClH/c2*1-16-8-6-10-9-4-2-3-5-12(9)15-13(10)11(14)7-8;;/h2*6-7,15H,2-5H2,1H3;2*1H. The van der Waals surface area contributed by atoms with Crippen LogP contribution in [0.15, 0.2) is 24.3 Å². The summed E-state index contributed by atoms with van der Waals surface area (Å²) in [4.78, 5) is 6.65. The van der Waals surface area contributed by atoms with Gasteiger partial charge in [-0.05, 0) is 74.6 Å². The van der Waals surface area contributed by atoms with Gasteiger partial charge in [-0.2, -0.15) is 0 Å². The fraction of sp³-hybridized carbons (Fsp3) is 0.385. The Hall–Kier alpha value is -2.08. The highest BCUT2D eigenvalue weighted by molar-refractivity contribution is 6.35. The lowest BCUT2D eigenvalue weighted by Gasteiger charge is -2.10. The number of hydrogen-bond donors (Lipinski definition) is 2. The maximum Gasteiger partial charge on any atom is 0.150 e. The van der Waals surface area contributed by atoms with Gasteiger partial charge in [0.1, 0.15) is 11.5 Å². The second kappa shape index (κ2) is 11.1. The van der Waals surface area contributed by atoms with Crippen LogP contribution in [0, 0.1) is 5.82 Å². The Kier molecular flexibility index (Phi) is 8.66. The van der Waals surface area contributed by atoms with Gasteiger partial charge in [0.25, 0.3) is 0 Å². The quantitative estimate of drug-likeness (QED) is 0.280. The van der Waals surface area contributed by atoms with Crippen molar-refractivity contribution in [3.05, 3.63) is 57.6 Å². The van der Waals surface area contributed by atoms with Gasteiger partial charge in [-0.1, -0.05) is 11.6 Å². The van der Waals surface area contributed by atoms with Gasteiger partial charge in [0.15, 0.2) is 5.82 Å². The largest absolute Gasteiger partial charge is 0.497 e. The number of ether oxygens (including phenoxy) is 2. The molecule has 6 rings (SSSR count). The maximum absolute atomic E-state index is 13.8. The summed E-state index contributed by atoms with van der Waals surface area (Å²) in [5.41, 5.74) is 6.97. The molecule has 0 unspecified atom stereocenters. The van der Waals surface area contributed by atoms with Crippen molar-refractivity contribution in [2.45, 2.75) is 51.4 Å². The third-order valence-electron chi connectivity index (χ3n) is 6.74. The molecule has 0 radical (unpaired) electrons. The minimum Gasteiger partial charge on any atom is -0.497 e. The van der Waals surface area contributed by atoms with Crippen LogP contribution in [-0.2, 0) is 25.7 Å². The zero-order valence-electron chi connectivity index (χ0n) is 19.4. The summed E-state index contributed by atoms with van der Waals surface area (Å²) in [7, 11) is 3.25. The summed E-state index contributed by atoms with van der Waals surface area (Å²) in [6.45, 7) is 0. The van der Waals surface area contributed by atoms with Crippen LogP contribution >= 0.6 is 36.4 Å². The lowest BCUT2D eigenvalue weighted by molar-refractivity contribution is 0.412. The molecule has 0 amide bonds. The molecule has 0 spiro atoms. The fourth-order valence-corrected chi connectivity index (χ4v) is 5.37. The molecule has 2 aliphatic rings. The Morgan fingerprint density at radius 1 is 0.706 bits per heavy atom. The minimum absolute atomic E-state index is 0. The van der Waals surface area contributed by atoms with Gasteiger partial charge in [0.2, 0.25) is 0 Å². The first-order valence-corrected chi connectivity index (χ1v) is 11.7. The Morgan fingerprint density at radius 2 is 1.18 bits per heavy atom. The molecular formula is C26H30Cl3FN2O2. The maximum atomic E-state index is 13.8. The Morgan fingerprint density at radius 3 is 1.74 bits per heavy atom. The Labute approximate surface area is 216 Å². The molecule has 0 aliphatic heterocycles. The molecule has 0 saturated heterocycles. The van der Waals surface area contributed by atoms with Crippen LogP contribution in [-0.4, -0.2) is 24.2 Å². The second-order valence-corrected chi connectivity index (χ2v) is 9.05. The monoisotopic (exact) mass is 526 g/mol. The van der Waals surface area contributed by atoms with E-state index in [9.17, 15) is 4.39 Å². The fourth-order valence-electron chi connectivity index (χ4n) is 5.11. The lowest BCUT2D eigenvalue weighted by atomic mass is 9.95. The Balaban J connectivity index is 0.000000180. The average molecular weight is 528 g/mol. The zero-order valence-corrected chi connectivity index (χ0v) is 21.7. The van der Waals surface area contributed by atoms with Crippen LogP contribution in [0.5, 0.6) is 11.5 Å². The summed E-state index contributed by atoms with van der Waals surface area (Å²) >= 11 is 6.25. The lowest BCUT2D eigenvalue weighted by Crippen LogP contribution is -1.99. The van der Waals surface area contributed by atoms with E-state index in [4.69, 9.17) is 21.1 Å². The summed E-state index contributed by atoms with van der Waals surface area (Å²) in [5, 5.41) is 2.98. The summed E-state index contributed by atoms with van der Waals surface area (Å²) in [6.07, 6.45) is 9.30. The number of aryl methyl sites for hydroxylation is 4. The van der Waals surface area contributed by atoms with Gasteiger partial charge in [0.05, 0.1) is 30.3 Å². The van der Waals surface area contributed by atoms with E-state index in [1.807, 2.05) is 12.1 Å². The first-order chi connectivity index (χ1) is 15.6. The van der Waals surface area contributed by atoms with Crippen molar-refractivity contribution < 1.29 is 13.9 Å². The molecule has 2 aromatic heterocycles. The molecular weight excluding hydrogens is 498 g/mol. The van der Waals surface area contributed by atoms with Crippen molar-refractivity contribution in [1.29, 1.82) is 0 Å². The van der Waals surface area contributed by atoms with Crippen molar-refractivity contribution in [3.8, 4) is 11.5 Å². The summed E-state index contributed by atoms with van der Waals surface area (Å²) < 4.78 is 24.2. The highest BCUT2D eigenvalue weighted by atomic mass is 35.5. The molecule has 184 valence electrons. The number of H-pyrrole nitrogens is 2. The molecule has 0 atom stereocenters. The first-order valence-electron chi connectivity index (χ1n) is 11.3. The number of rotatable bonds is 2. The average Bonchev–Trinajstić information content (AvgIpc) is 3.39. The van der Waals surface area contributed by atoms with E-state index in [-0.39, 0.29) is 30.6 Å². The van der Waals surface area contributed by atoms with E-state index < -0.39 is 0 Å². The SMILES string of the molecule is COc1cc(Cl)c2[nH]c3c(c2c1)CCCC3.COc1cc(F)c2[nH]c3c(c2c1)CCCC3.Cl.Cl. The smallest absolute Gasteiger partial charge is 0.150 e. The predicted octanol–water partition coefficient (Wildman–Crippen LogP) is 7.75. The van der Waals surface area contributed by atoms with Crippen LogP contribution in [0.2, 0.25) is 5.02 Å². The molecule has 2 heterocycles. The number of aromatic nitrogens is 2. The van der Waals surface area contributed by atoms with E-state index in [0.29, 0.717) is 11.3 Å². The third kappa shape index (κ3) is 4.84. The van der Waals surface area contributed by atoms with Crippen LogP contribution in [0.3, 0.4) is 0 Å². The van der Waals surface area contributed by atoms with Gasteiger partial charge < -0.3 is 19.4 Å². The number of fused-ring (bicyclic) bond motifs is 6. The summed E-state index contributed by atoms with van der Waals surface area (Å²) in [5.74, 6) is 1.21. The van der Waals surface area contributed by atoms with Crippen LogP contribution in [0.1, 0.15) is 48.2 Å². The topological polar surface area (TPSA) is 50.0 Å². The molecule has 0 saturated carbocycles. The number of hydrogen-bond acceptors (Lipinski definition) is 2. The van der Waals surface area contributed by atoms with Gasteiger partial charge in [-0.25, -0.2) is 4.39 Å². The summed E-state index contributed by atoms with van der Waals surface area (Å²) in [6, 6.07) is 7.32. The molecule has 2 aromatic carbocycles. The molecule has 4 aromatic rings. The third-order valence-corrected chi connectivity index (χ3v) is 7.03. The number of halogens is 4. The number of nitrogens with one attached hydrogen (secondary N) is 2. The number of benzene rings is 2. The molecule has 4 nitrogen and oxygen atoms in total. The van der Waals surface area contributed by atoms with Crippen LogP contribution < -0.4 is 9.47 Å². The van der Waals surface area contributed by atoms with E-state index in [1.165, 1.54) is 59.7 Å². The predicted molar refractivity (Wildman–Crippen MR) is 142 cm³/mol. The van der Waals surface area contributed by atoms with Crippen molar-refractivity contribution >= 4 is 58.2 Å². The van der Waals surface area contributed by atoms with Crippen molar-refractivity contribution in [1.82, 2.24) is 9.97 Å². The van der Waals surface area contributed by atoms with E-state index in [1.54, 1.807) is 14.2 Å². The van der Waals surface area contributed by atoms with Crippen molar-refractivity contribution in [2.24, 2.45) is 0 Å². The zero-order chi connectivity index (χ0) is 22.2. The van der Waals surface area contributed by atoms with Crippen LogP contribution in [0.4, 0.5) is 4.39 Å². The number of methoxy groups -OCH3 is 2. The molecule has 0 bridgehead atoms. The first kappa shape index (κ1) is 26.5. The molecule has 34 heavy (non-hydrogen) atoms. The van der Waals surface area contributed by atoms with E-state index >= 15 is 0 Å². The van der Waals surface area contributed by atoms with E-state index in [0.717, 1.165) is 47.4 Å². The Bertz CT molecular complexity index is 1200. The van der Waals surface area contributed by atoms with E-state index in [2.05, 4.69) is 16.0 Å². The molecule has 2 aliphatic carbocycles. The van der Waals surface area contributed by atoms with Gasteiger partial charge >= 0.3 is 0 Å². The second-order valence-electron chi connectivity index (χ2n) is 8.64. The van der Waals surface area contributed by atoms with Gasteiger partial charge in [-0.3, -0.25) is 0 Å². The van der Waals surface area contributed by atoms with Crippen molar-refractivity contribution in [3.63, 3.8) is 0 Å². The minimum atomic E-state index is -0.219. The molecule has 0 fully saturated rings. The highest BCUT2D eigenvalue weighted by Crippen LogP contribution is 2.36. The van der Waals surface area contributed by atoms with Crippen molar-refractivity contribution in [2.75, 3.05) is 14.2 Å². The molecule has 2 N–H and O–H groups in total. The normalized spacial score (nSPS) is 14.2. The van der Waals surface area contributed by atoms with Crippen LogP contribution in [0.25, 0.3) is 21.8 Å². The highest BCUT2D eigenvalue weighted by Gasteiger charge is 2.19. The van der Waals surface area contributed by atoms with Gasteiger partial charge in [-0.15, -0.1) is 24.8 Å². The molecule has 8 heteroatoms. The number of aromatic amines is 2.